The van der Waals surface area contributed by atoms with E-state index in [1.165, 1.54) is 0 Å². The molecule has 0 saturated carbocycles. The number of nitrogens with one attached hydrogen (secondary N) is 2. The fourth-order valence-corrected chi connectivity index (χ4v) is 2.63. The summed E-state index contributed by atoms with van der Waals surface area (Å²) in [6.45, 7) is 0.894. The van der Waals surface area contributed by atoms with Gasteiger partial charge in [0.05, 0.1) is 0 Å². The van der Waals surface area contributed by atoms with Crippen molar-refractivity contribution in [2.24, 2.45) is 0 Å². The van der Waals surface area contributed by atoms with Crippen LogP contribution < -0.4 is 5.32 Å². The van der Waals surface area contributed by atoms with Crippen LogP contribution in [-0.4, -0.2) is 23.6 Å². The highest BCUT2D eigenvalue weighted by Gasteiger charge is 2.15. The predicted octanol–water partition coefficient (Wildman–Crippen LogP) is 3.35. The maximum atomic E-state index is 5.56. The summed E-state index contributed by atoms with van der Waals surface area (Å²) in [5.74, 6) is 0.960. The van der Waals surface area contributed by atoms with E-state index in [2.05, 4.69) is 31.2 Å². The molecule has 2 aromatic heterocycles. The van der Waals surface area contributed by atoms with Crippen molar-refractivity contribution >= 4 is 26.9 Å². The van der Waals surface area contributed by atoms with E-state index in [-0.39, 0.29) is 0 Å². The van der Waals surface area contributed by atoms with Crippen molar-refractivity contribution < 1.29 is 4.42 Å². The summed E-state index contributed by atoms with van der Waals surface area (Å²) in [4.78, 5) is 7.89. The quantitative estimate of drug-likeness (QED) is 0.775. The molecule has 98 valence electrons. The van der Waals surface area contributed by atoms with Crippen LogP contribution in [0.5, 0.6) is 0 Å². The van der Waals surface area contributed by atoms with E-state index in [0.29, 0.717) is 0 Å². The molecule has 1 aromatic carbocycles. The molecule has 4 nitrogen and oxygen atoms in total. The number of imidazole rings is 1. The first kappa shape index (κ1) is 12.4. The number of rotatable bonds is 4. The molecular weight excluding hydrogens is 306 g/mol. The first-order valence-electron chi connectivity index (χ1n) is 6.15. The van der Waals surface area contributed by atoms with E-state index in [4.69, 9.17) is 4.42 Å². The summed E-state index contributed by atoms with van der Waals surface area (Å²) in [7, 11) is 1.93. The van der Waals surface area contributed by atoms with E-state index in [1.807, 2.05) is 31.3 Å². The molecule has 3 rings (SSSR count). The fraction of sp³-hybridized carbons (Fsp3) is 0.214. The molecule has 0 saturated heterocycles. The van der Waals surface area contributed by atoms with E-state index in [1.54, 1.807) is 6.26 Å². The Balaban J connectivity index is 2.04. The molecule has 2 N–H and O–H groups in total. The van der Waals surface area contributed by atoms with Crippen molar-refractivity contribution in [3.05, 3.63) is 41.0 Å². The molecule has 0 fully saturated rings. The van der Waals surface area contributed by atoms with Crippen molar-refractivity contribution in [2.75, 3.05) is 13.6 Å². The fourth-order valence-electron chi connectivity index (χ4n) is 2.10. The van der Waals surface area contributed by atoms with Crippen LogP contribution in [0.4, 0.5) is 0 Å². The van der Waals surface area contributed by atoms with Crippen LogP contribution in [0, 0.1) is 0 Å². The number of aromatic nitrogens is 2. The van der Waals surface area contributed by atoms with E-state index < -0.39 is 0 Å². The molecule has 0 atom stereocenters. The number of hydrogen-bond acceptors (Lipinski definition) is 3. The first-order chi connectivity index (χ1) is 9.29. The third-order valence-corrected chi connectivity index (χ3v) is 3.63. The lowest BCUT2D eigenvalue weighted by Crippen LogP contribution is -2.11. The summed E-state index contributed by atoms with van der Waals surface area (Å²) in [6, 6.07) is 7.97. The summed E-state index contributed by atoms with van der Waals surface area (Å²) >= 11 is 3.54. The topological polar surface area (TPSA) is 53.9 Å². The zero-order chi connectivity index (χ0) is 13.2. The first-order valence-corrected chi connectivity index (χ1v) is 6.94. The Labute approximate surface area is 119 Å². The van der Waals surface area contributed by atoms with Gasteiger partial charge < -0.3 is 14.7 Å². The third kappa shape index (κ3) is 2.31. The lowest BCUT2D eigenvalue weighted by molar-refractivity contribution is 0.617. The molecule has 3 aromatic rings. The molecule has 0 aliphatic heterocycles. The Morgan fingerprint density at radius 2 is 2.21 bits per heavy atom. The average Bonchev–Trinajstić information content (AvgIpc) is 2.99. The van der Waals surface area contributed by atoms with Crippen molar-refractivity contribution in [1.82, 2.24) is 15.3 Å². The minimum atomic E-state index is 0.866. The van der Waals surface area contributed by atoms with Crippen molar-refractivity contribution in [3.8, 4) is 11.3 Å². The number of halogens is 1. The van der Waals surface area contributed by atoms with Gasteiger partial charge >= 0.3 is 0 Å². The van der Waals surface area contributed by atoms with Crippen LogP contribution in [0.3, 0.4) is 0 Å². The molecule has 19 heavy (non-hydrogen) atoms. The standard InChI is InChI=1S/C14H14BrN3O/c1-16-7-6-12-17-13(14(15)18-12)10-8-19-11-5-3-2-4-9(10)11/h2-5,8,16H,6-7H2,1H3,(H,17,18). The molecule has 0 bridgehead atoms. The molecular formula is C14H14BrN3O. The Morgan fingerprint density at radius 3 is 3.05 bits per heavy atom. The predicted molar refractivity (Wildman–Crippen MR) is 79.1 cm³/mol. The Bertz CT molecular complexity index is 702. The maximum Gasteiger partial charge on any atom is 0.134 e. The second-order valence-electron chi connectivity index (χ2n) is 4.35. The monoisotopic (exact) mass is 319 g/mol. The normalized spacial score (nSPS) is 11.3. The number of fused-ring (bicyclic) bond motifs is 1. The summed E-state index contributed by atoms with van der Waals surface area (Å²) in [5.41, 5.74) is 2.79. The number of para-hydroxylation sites is 1. The second-order valence-corrected chi connectivity index (χ2v) is 5.14. The van der Waals surface area contributed by atoms with Gasteiger partial charge in [0, 0.05) is 23.9 Å². The van der Waals surface area contributed by atoms with Gasteiger partial charge in [-0.1, -0.05) is 18.2 Å². The molecule has 0 spiro atoms. The van der Waals surface area contributed by atoms with Crippen LogP contribution in [0.25, 0.3) is 22.2 Å². The molecule has 5 heteroatoms. The number of benzene rings is 1. The van der Waals surface area contributed by atoms with Gasteiger partial charge in [0.2, 0.25) is 0 Å². The zero-order valence-corrected chi connectivity index (χ0v) is 12.1. The molecule has 0 aliphatic rings. The van der Waals surface area contributed by atoms with Crippen LogP contribution in [0.1, 0.15) is 5.82 Å². The largest absolute Gasteiger partial charge is 0.464 e. The highest BCUT2D eigenvalue weighted by molar-refractivity contribution is 9.10. The van der Waals surface area contributed by atoms with E-state index in [0.717, 1.165) is 45.6 Å². The molecule has 0 aliphatic carbocycles. The van der Waals surface area contributed by atoms with Crippen molar-refractivity contribution in [1.29, 1.82) is 0 Å². The van der Waals surface area contributed by atoms with Crippen molar-refractivity contribution in [2.45, 2.75) is 6.42 Å². The van der Waals surface area contributed by atoms with Crippen LogP contribution >= 0.6 is 15.9 Å². The molecule has 0 radical (unpaired) electrons. The van der Waals surface area contributed by atoms with Crippen LogP contribution in [0.15, 0.2) is 39.5 Å². The van der Waals surface area contributed by atoms with Crippen LogP contribution in [-0.2, 0) is 6.42 Å². The number of hydrogen-bond donors (Lipinski definition) is 2. The van der Waals surface area contributed by atoms with Gasteiger partial charge in [0.25, 0.3) is 0 Å². The summed E-state index contributed by atoms with van der Waals surface area (Å²) in [5, 5.41) is 4.19. The second kappa shape index (κ2) is 5.19. The smallest absolute Gasteiger partial charge is 0.134 e. The maximum absolute atomic E-state index is 5.56. The molecule has 0 unspecified atom stereocenters. The third-order valence-electron chi connectivity index (χ3n) is 3.06. The Kier molecular flexibility index (Phi) is 3.40. The highest BCUT2D eigenvalue weighted by Crippen LogP contribution is 2.33. The van der Waals surface area contributed by atoms with E-state index in [9.17, 15) is 0 Å². The molecule has 0 amide bonds. The molecule has 2 heterocycles. The SMILES string of the molecule is CNCCc1nc(-c2coc3ccccc23)c(Br)[nH]1. The zero-order valence-electron chi connectivity index (χ0n) is 10.5. The Hall–Kier alpha value is -1.59. The number of aromatic amines is 1. The summed E-state index contributed by atoms with van der Waals surface area (Å²) < 4.78 is 6.46. The van der Waals surface area contributed by atoms with Gasteiger partial charge in [-0.25, -0.2) is 4.98 Å². The van der Waals surface area contributed by atoms with Gasteiger partial charge in [0.15, 0.2) is 0 Å². The number of furan rings is 1. The van der Waals surface area contributed by atoms with Crippen LogP contribution in [0.2, 0.25) is 0 Å². The lowest BCUT2D eigenvalue weighted by Gasteiger charge is -1.94. The van der Waals surface area contributed by atoms with E-state index >= 15 is 0 Å². The highest BCUT2D eigenvalue weighted by atomic mass is 79.9. The lowest BCUT2D eigenvalue weighted by atomic mass is 10.1. The van der Waals surface area contributed by atoms with Crippen molar-refractivity contribution in [3.63, 3.8) is 0 Å². The number of nitrogens with zero attached hydrogens (tertiary/aromatic N) is 1. The van der Waals surface area contributed by atoms with Gasteiger partial charge in [-0.15, -0.1) is 0 Å². The van der Waals surface area contributed by atoms with Gasteiger partial charge in [-0.05, 0) is 29.0 Å². The van der Waals surface area contributed by atoms with Gasteiger partial charge in [-0.3, -0.25) is 0 Å². The average molecular weight is 320 g/mol. The van der Waals surface area contributed by atoms with Gasteiger partial charge in [0.1, 0.15) is 28.0 Å². The Morgan fingerprint density at radius 1 is 1.37 bits per heavy atom. The number of likely N-dealkylation sites (N-methyl/N-ethyl adjacent to an activating group) is 1. The minimum absolute atomic E-state index is 0.866. The number of H-pyrrole nitrogens is 1. The van der Waals surface area contributed by atoms with Gasteiger partial charge in [-0.2, -0.15) is 0 Å². The minimum Gasteiger partial charge on any atom is -0.464 e. The summed E-state index contributed by atoms with van der Waals surface area (Å²) in [6.07, 6.45) is 2.62.